The van der Waals surface area contributed by atoms with Gasteiger partial charge in [-0.15, -0.1) is 11.3 Å². The number of nitrogens with one attached hydrogen (secondary N) is 2. The molecule has 0 aliphatic heterocycles. The van der Waals surface area contributed by atoms with Crippen LogP contribution in [0.5, 0.6) is 0 Å². The van der Waals surface area contributed by atoms with Gasteiger partial charge in [-0.1, -0.05) is 0 Å². The lowest BCUT2D eigenvalue weighted by Gasteiger charge is -2.11. The number of hydrogen-bond acceptors (Lipinski definition) is 6. The summed E-state index contributed by atoms with van der Waals surface area (Å²) in [6, 6.07) is 4.60. The summed E-state index contributed by atoms with van der Waals surface area (Å²) in [5.74, 6) is 0. The summed E-state index contributed by atoms with van der Waals surface area (Å²) in [6.45, 7) is 2.59. The van der Waals surface area contributed by atoms with Crippen LogP contribution in [0.25, 0.3) is 0 Å². The van der Waals surface area contributed by atoms with Gasteiger partial charge in [-0.05, 0) is 32.2 Å². The summed E-state index contributed by atoms with van der Waals surface area (Å²) >= 11 is 1.61. The number of thiazole rings is 1. The minimum absolute atomic E-state index is 0.187. The molecule has 0 fully saturated rings. The van der Waals surface area contributed by atoms with Gasteiger partial charge in [0.2, 0.25) is 10.0 Å². The second kappa shape index (κ2) is 6.42. The summed E-state index contributed by atoms with van der Waals surface area (Å²) in [4.78, 5) is 4.56. The van der Waals surface area contributed by atoms with E-state index in [1.165, 1.54) is 19.2 Å². The van der Waals surface area contributed by atoms with Gasteiger partial charge < -0.3 is 11.1 Å². The number of anilines is 2. The van der Waals surface area contributed by atoms with Crippen LogP contribution in [0, 0.1) is 6.92 Å². The maximum Gasteiger partial charge on any atom is 0.240 e. The number of benzene rings is 1. The number of nitrogens with zero attached hydrogens (tertiary/aromatic N) is 1. The first-order valence-electron chi connectivity index (χ1n) is 6.40. The molecule has 0 unspecified atom stereocenters. The van der Waals surface area contributed by atoms with Crippen LogP contribution in [-0.4, -0.2) is 27.0 Å². The van der Waals surface area contributed by atoms with E-state index in [4.69, 9.17) is 5.73 Å². The highest BCUT2D eigenvalue weighted by molar-refractivity contribution is 7.89. The molecule has 1 aromatic carbocycles. The van der Waals surface area contributed by atoms with Crippen molar-refractivity contribution < 1.29 is 8.42 Å². The number of nitrogen functional groups attached to an aromatic ring is 1. The van der Waals surface area contributed by atoms with Crippen molar-refractivity contribution >= 4 is 32.7 Å². The van der Waals surface area contributed by atoms with Crippen LogP contribution in [0.15, 0.2) is 28.5 Å². The van der Waals surface area contributed by atoms with Gasteiger partial charge in [0.15, 0.2) is 0 Å². The highest BCUT2D eigenvalue weighted by Gasteiger charge is 2.13. The Hall–Kier alpha value is -1.64. The van der Waals surface area contributed by atoms with Crippen LogP contribution in [0.3, 0.4) is 0 Å². The van der Waals surface area contributed by atoms with Crippen LogP contribution in [0.4, 0.5) is 11.4 Å². The first kappa shape index (κ1) is 15.7. The van der Waals surface area contributed by atoms with Gasteiger partial charge in [-0.2, -0.15) is 0 Å². The smallest absolute Gasteiger partial charge is 0.240 e. The summed E-state index contributed by atoms with van der Waals surface area (Å²) in [7, 11) is -2.09. The molecule has 0 atom stereocenters. The van der Waals surface area contributed by atoms with E-state index in [9.17, 15) is 8.42 Å². The number of sulfonamides is 1. The van der Waals surface area contributed by atoms with E-state index in [1.807, 2.05) is 12.3 Å². The molecule has 4 N–H and O–H groups in total. The van der Waals surface area contributed by atoms with Crippen molar-refractivity contribution in [1.82, 2.24) is 9.71 Å². The summed E-state index contributed by atoms with van der Waals surface area (Å²) in [5, 5.41) is 6.20. The molecular formula is C13H18N4O2S2. The molecule has 1 heterocycles. The molecule has 0 amide bonds. The van der Waals surface area contributed by atoms with Crippen LogP contribution >= 0.6 is 11.3 Å². The van der Waals surface area contributed by atoms with Crippen LogP contribution in [0.2, 0.25) is 0 Å². The van der Waals surface area contributed by atoms with E-state index in [2.05, 4.69) is 15.0 Å². The molecule has 0 aliphatic carbocycles. The monoisotopic (exact) mass is 326 g/mol. The third kappa shape index (κ3) is 3.93. The first-order chi connectivity index (χ1) is 9.92. The lowest BCUT2D eigenvalue weighted by molar-refractivity contribution is 0.588. The van der Waals surface area contributed by atoms with Crippen LogP contribution in [-0.2, 0) is 16.4 Å². The second-order valence-corrected chi connectivity index (χ2v) is 7.35. The number of aromatic nitrogens is 1. The Labute approximate surface area is 128 Å². The maximum absolute atomic E-state index is 11.8. The van der Waals surface area contributed by atoms with Crippen molar-refractivity contribution in [3.05, 3.63) is 34.3 Å². The average Bonchev–Trinajstić information content (AvgIpc) is 2.86. The lowest BCUT2D eigenvalue weighted by atomic mass is 10.2. The van der Waals surface area contributed by atoms with Gasteiger partial charge >= 0.3 is 0 Å². The minimum Gasteiger partial charge on any atom is -0.397 e. The SMILES string of the molecule is CNS(=O)(=O)c1ccc(N)c(NCCc2nc(C)cs2)c1. The Morgan fingerprint density at radius 3 is 2.76 bits per heavy atom. The molecule has 0 spiro atoms. The molecule has 0 bridgehead atoms. The Morgan fingerprint density at radius 1 is 1.38 bits per heavy atom. The molecule has 2 aromatic rings. The largest absolute Gasteiger partial charge is 0.397 e. The molecule has 114 valence electrons. The molecule has 0 radical (unpaired) electrons. The standard InChI is InChI=1S/C13H18N4O2S2/c1-9-8-20-13(17-9)5-6-16-12-7-10(3-4-11(12)14)21(18,19)15-2/h3-4,7-8,15-16H,5-6,14H2,1-2H3. The predicted octanol–water partition coefficient (Wildman–Crippen LogP) is 1.60. The number of nitrogens with two attached hydrogens (primary N) is 1. The van der Waals surface area contributed by atoms with Gasteiger partial charge in [0.25, 0.3) is 0 Å². The Balaban J connectivity index is 2.07. The lowest BCUT2D eigenvalue weighted by Crippen LogP contribution is -2.19. The van der Waals surface area contributed by atoms with E-state index in [-0.39, 0.29) is 4.90 Å². The van der Waals surface area contributed by atoms with E-state index in [0.717, 1.165) is 17.1 Å². The molecule has 2 rings (SSSR count). The molecule has 21 heavy (non-hydrogen) atoms. The van der Waals surface area contributed by atoms with Crippen LogP contribution < -0.4 is 15.8 Å². The molecular weight excluding hydrogens is 308 g/mol. The van der Waals surface area contributed by atoms with Gasteiger partial charge in [-0.25, -0.2) is 18.1 Å². The summed E-state index contributed by atoms with van der Waals surface area (Å²) in [5.41, 5.74) is 8.00. The zero-order valence-corrected chi connectivity index (χ0v) is 13.5. The topological polar surface area (TPSA) is 97.1 Å². The van der Waals surface area contributed by atoms with E-state index in [0.29, 0.717) is 17.9 Å². The molecule has 8 heteroatoms. The van der Waals surface area contributed by atoms with E-state index in [1.54, 1.807) is 17.4 Å². The van der Waals surface area contributed by atoms with Gasteiger partial charge in [0.1, 0.15) is 0 Å². The van der Waals surface area contributed by atoms with E-state index >= 15 is 0 Å². The first-order valence-corrected chi connectivity index (χ1v) is 8.76. The Kier molecular flexibility index (Phi) is 4.81. The number of hydrogen-bond donors (Lipinski definition) is 3. The molecule has 0 aliphatic rings. The second-order valence-electron chi connectivity index (χ2n) is 4.52. The van der Waals surface area contributed by atoms with Gasteiger partial charge in [0, 0.05) is 24.0 Å². The fourth-order valence-corrected chi connectivity index (χ4v) is 3.33. The zero-order chi connectivity index (χ0) is 15.5. The quantitative estimate of drug-likeness (QED) is 0.701. The van der Waals surface area contributed by atoms with Crippen molar-refractivity contribution in [2.75, 3.05) is 24.6 Å². The summed E-state index contributed by atoms with van der Waals surface area (Å²) < 4.78 is 25.8. The third-order valence-electron chi connectivity index (χ3n) is 2.92. The highest BCUT2D eigenvalue weighted by atomic mass is 32.2. The van der Waals surface area contributed by atoms with Crippen molar-refractivity contribution in [3.8, 4) is 0 Å². The van der Waals surface area contributed by atoms with Crippen molar-refractivity contribution in [2.24, 2.45) is 0 Å². The van der Waals surface area contributed by atoms with Crippen molar-refractivity contribution in [1.29, 1.82) is 0 Å². The highest BCUT2D eigenvalue weighted by Crippen LogP contribution is 2.22. The number of rotatable bonds is 6. The molecule has 6 nitrogen and oxygen atoms in total. The summed E-state index contributed by atoms with van der Waals surface area (Å²) in [6.07, 6.45) is 0.765. The van der Waals surface area contributed by atoms with Crippen molar-refractivity contribution in [2.45, 2.75) is 18.2 Å². The van der Waals surface area contributed by atoms with Gasteiger partial charge in [0.05, 0.1) is 21.3 Å². The third-order valence-corrected chi connectivity index (χ3v) is 5.36. The fourth-order valence-electron chi connectivity index (χ4n) is 1.80. The minimum atomic E-state index is -3.47. The molecule has 0 saturated carbocycles. The van der Waals surface area contributed by atoms with Crippen LogP contribution in [0.1, 0.15) is 10.7 Å². The van der Waals surface area contributed by atoms with Crippen molar-refractivity contribution in [3.63, 3.8) is 0 Å². The molecule has 0 saturated heterocycles. The average molecular weight is 326 g/mol. The zero-order valence-electron chi connectivity index (χ0n) is 11.9. The maximum atomic E-state index is 11.8. The number of aryl methyl sites for hydroxylation is 1. The predicted molar refractivity (Wildman–Crippen MR) is 86.1 cm³/mol. The van der Waals surface area contributed by atoms with E-state index < -0.39 is 10.0 Å². The molecule has 1 aromatic heterocycles. The Morgan fingerprint density at radius 2 is 2.14 bits per heavy atom. The fraction of sp³-hybridized carbons (Fsp3) is 0.308. The normalized spacial score (nSPS) is 11.5. The Bertz CT molecular complexity index is 726. The van der Waals surface area contributed by atoms with Gasteiger partial charge in [-0.3, -0.25) is 0 Å².